The zero-order chi connectivity index (χ0) is 33.7. The number of hydrogen-bond donors (Lipinski definition) is 1. The van der Waals surface area contributed by atoms with Gasteiger partial charge in [-0.05, 0) is 69.9 Å². The molecule has 248 valence electrons. The molecule has 0 bridgehead atoms. The monoisotopic (exact) mass is 631 g/mol. The van der Waals surface area contributed by atoms with Crippen molar-refractivity contribution in [1.29, 1.82) is 0 Å². The summed E-state index contributed by atoms with van der Waals surface area (Å²) < 4.78 is 20.7. The van der Waals surface area contributed by atoms with E-state index in [1.165, 1.54) is 6.92 Å². The Morgan fingerprint density at radius 2 is 1.24 bits per heavy atom. The molecule has 3 rings (SSSR count). The second-order valence-electron chi connectivity index (χ2n) is 10.5. The highest BCUT2D eigenvalue weighted by Gasteiger charge is 2.25. The van der Waals surface area contributed by atoms with Gasteiger partial charge < -0.3 is 24.3 Å². The minimum absolute atomic E-state index is 0. The summed E-state index contributed by atoms with van der Waals surface area (Å²) in [4.78, 5) is 35.1. The van der Waals surface area contributed by atoms with Crippen LogP contribution >= 0.6 is 0 Å². The van der Waals surface area contributed by atoms with Gasteiger partial charge in [-0.15, -0.1) is 0 Å². The number of benzene rings is 3. The number of ether oxygens (including phenoxy) is 4. The van der Waals surface area contributed by atoms with Crippen LogP contribution in [0.25, 0.3) is 0 Å². The van der Waals surface area contributed by atoms with Crippen molar-refractivity contribution in [2.24, 2.45) is 0 Å². The van der Waals surface area contributed by atoms with Gasteiger partial charge in [0.1, 0.15) is 5.75 Å². The van der Waals surface area contributed by atoms with Crippen molar-refractivity contribution in [3.8, 4) is 5.75 Å². The van der Waals surface area contributed by atoms with E-state index in [0.29, 0.717) is 17.7 Å². The molecule has 0 aliphatic carbocycles. The van der Waals surface area contributed by atoms with Crippen LogP contribution < -0.4 is 10.1 Å². The molecule has 0 radical (unpaired) electrons. The predicted octanol–water partition coefficient (Wildman–Crippen LogP) is 8.25. The Morgan fingerprint density at radius 3 is 1.70 bits per heavy atom. The summed E-state index contributed by atoms with van der Waals surface area (Å²) in [6, 6.07) is 19.0. The number of carbonyl (C=O) groups excluding carboxylic acids is 3. The van der Waals surface area contributed by atoms with Crippen molar-refractivity contribution in [3.05, 3.63) is 118 Å². The van der Waals surface area contributed by atoms with Crippen LogP contribution in [0.2, 0.25) is 0 Å². The molecule has 0 saturated carbocycles. The molecule has 0 amide bonds. The first-order chi connectivity index (χ1) is 21.3. The average molecular weight is 632 g/mol. The first-order valence-electron chi connectivity index (χ1n) is 14.8. The second kappa shape index (κ2) is 18.8. The Labute approximate surface area is 274 Å². The van der Waals surface area contributed by atoms with E-state index < -0.39 is 24.0 Å². The first kappa shape index (κ1) is 39.2. The minimum Gasteiger partial charge on any atom is -0.496 e. The molecular formula is C38H49NO7. The summed E-state index contributed by atoms with van der Waals surface area (Å²) >= 11 is 0. The van der Waals surface area contributed by atoms with Gasteiger partial charge in [-0.25, -0.2) is 9.59 Å². The van der Waals surface area contributed by atoms with Crippen molar-refractivity contribution < 1.29 is 33.3 Å². The molecule has 8 nitrogen and oxygen atoms in total. The van der Waals surface area contributed by atoms with Gasteiger partial charge in [-0.2, -0.15) is 0 Å². The molecule has 0 fully saturated rings. The molecule has 3 aromatic rings. The zero-order valence-corrected chi connectivity index (χ0v) is 27.6. The fourth-order valence-electron chi connectivity index (χ4n) is 4.34. The lowest BCUT2D eigenvalue weighted by atomic mass is 9.98. The Morgan fingerprint density at radius 1 is 0.761 bits per heavy atom. The van der Waals surface area contributed by atoms with E-state index in [9.17, 15) is 14.4 Å². The van der Waals surface area contributed by atoms with Crippen LogP contribution in [-0.4, -0.2) is 38.2 Å². The highest BCUT2D eigenvalue weighted by Crippen LogP contribution is 2.32. The first-order valence-corrected chi connectivity index (χ1v) is 14.8. The number of hydrogen-bond acceptors (Lipinski definition) is 8. The topological polar surface area (TPSA) is 100 Å². The van der Waals surface area contributed by atoms with Gasteiger partial charge in [0.2, 0.25) is 0 Å². The molecule has 8 heteroatoms. The molecule has 3 aromatic carbocycles. The van der Waals surface area contributed by atoms with Gasteiger partial charge in [-0.1, -0.05) is 80.2 Å². The van der Waals surface area contributed by atoms with E-state index >= 15 is 0 Å². The molecule has 0 heterocycles. The van der Waals surface area contributed by atoms with Crippen molar-refractivity contribution >= 4 is 23.6 Å². The van der Waals surface area contributed by atoms with Crippen LogP contribution in [-0.2, 0) is 28.6 Å². The average Bonchev–Trinajstić information content (AvgIpc) is 3.01. The second-order valence-corrected chi connectivity index (χ2v) is 10.5. The van der Waals surface area contributed by atoms with E-state index in [0.717, 1.165) is 39.3 Å². The summed E-state index contributed by atoms with van der Waals surface area (Å²) in [6.07, 6.45) is -0.808. The number of methoxy groups -OCH3 is 1. The van der Waals surface area contributed by atoms with E-state index in [1.807, 2.05) is 76.2 Å². The smallest absolute Gasteiger partial charge is 0.337 e. The molecule has 1 N–H and O–H groups in total. The maximum atomic E-state index is 12.3. The standard InChI is InChI=1S/C22H27NO3.C15H18O4.CH4/c1-7-26-22(24)17(5)21(18-10-8-14(2)9-11-18)23-19-12-15(3)16(4)20(13-19)25-6;1-5-18-15(17)11(3)14(19-12(4)16)13-8-6-10(2)7-9-13;/h8-13,21,23H,5,7H2,1-4,6H3;6-9,14H,3,5H2,1-2,4H3;1H4/t21-;;/m1../s1. The Bertz CT molecular complexity index is 1490. The summed E-state index contributed by atoms with van der Waals surface area (Å²) in [5, 5.41) is 3.42. The fourth-order valence-corrected chi connectivity index (χ4v) is 4.34. The molecule has 0 saturated heterocycles. The Balaban J connectivity index is 0.000000472. The van der Waals surface area contributed by atoms with Gasteiger partial charge in [0.05, 0.1) is 37.5 Å². The number of aryl methyl sites for hydroxylation is 3. The van der Waals surface area contributed by atoms with Gasteiger partial charge in [-0.3, -0.25) is 4.79 Å². The van der Waals surface area contributed by atoms with E-state index in [4.69, 9.17) is 18.9 Å². The highest BCUT2D eigenvalue weighted by atomic mass is 16.6. The quantitative estimate of drug-likeness (QED) is 0.121. The van der Waals surface area contributed by atoms with Crippen molar-refractivity contribution in [2.45, 2.75) is 68.0 Å². The summed E-state index contributed by atoms with van der Waals surface area (Å²) in [5.41, 5.74) is 7.42. The van der Waals surface area contributed by atoms with Crippen LogP contribution in [0.1, 0.15) is 73.7 Å². The molecule has 2 atom stereocenters. The third kappa shape index (κ3) is 11.3. The molecular weight excluding hydrogens is 582 g/mol. The Hall–Kier alpha value is -4.85. The van der Waals surface area contributed by atoms with Crippen molar-refractivity contribution in [3.63, 3.8) is 0 Å². The molecule has 1 unspecified atom stereocenters. The molecule has 0 aliphatic rings. The SMILES string of the molecule is C.C=C(C(=O)OCC)C(OC(C)=O)c1ccc(C)cc1.C=C(C(=O)OCC)[C@@H](Nc1cc(C)c(C)c(OC)c1)c1ccc(C)cc1. The minimum atomic E-state index is -0.808. The lowest BCUT2D eigenvalue weighted by Crippen LogP contribution is -2.20. The Kier molecular flexibility index (Phi) is 16.0. The summed E-state index contributed by atoms with van der Waals surface area (Å²) in [6.45, 7) is 21.0. The van der Waals surface area contributed by atoms with Crippen LogP contribution in [0.3, 0.4) is 0 Å². The molecule has 0 spiro atoms. The lowest BCUT2D eigenvalue weighted by Gasteiger charge is -2.23. The van der Waals surface area contributed by atoms with Crippen LogP contribution in [0.4, 0.5) is 5.69 Å². The predicted molar refractivity (Wildman–Crippen MR) is 184 cm³/mol. The molecule has 46 heavy (non-hydrogen) atoms. The highest BCUT2D eigenvalue weighted by molar-refractivity contribution is 5.90. The molecule has 0 aliphatic heterocycles. The summed E-state index contributed by atoms with van der Waals surface area (Å²) in [7, 11) is 1.65. The maximum absolute atomic E-state index is 12.3. The van der Waals surface area contributed by atoms with E-state index in [2.05, 4.69) is 18.5 Å². The number of anilines is 1. The van der Waals surface area contributed by atoms with E-state index in [-0.39, 0.29) is 25.6 Å². The van der Waals surface area contributed by atoms with E-state index in [1.54, 1.807) is 33.1 Å². The third-order valence-corrected chi connectivity index (χ3v) is 6.97. The molecule has 0 aromatic heterocycles. The largest absolute Gasteiger partial charge is 0.496 e. The zero-order valence-electron chi connectivity index (χ0n) is 27.6. The number of rotatable bonds is 12. The van der Waals surface area contributed by atoms with Gasteiger partial charge in [0.15, 0.2) is 6.10 Å². The van der Waals surface area contributed by atoms with Crippen molar-refractivity contribution in [1.82, 2.24) is 0 Å². The fraction of sp³-hybridized carbons (Fsp3) is 0.342. The van der Waals surface area contributed by atoms with Gasteiger partial charge in [0, 0.05) is 18.7 Å². The van der Waals surface area contributed by atoms with Gasteiger partial charge >= 0.3 is 17.9 Å². The van der Waals surface area contributed by atoms with Gasteiger partial charge in [0.25, 0.3) is 0 Å². The third-order valence-electron chi connectivity index (χ3n) is 6.97. The van der Waals surface area contributed by atoms with Crippen LogP contribution in [0.5, 0.6) is 5.75 Å². The normalized spacial score (nSPS) is 11.3. The lowest BCUT2D eigenvalue weighted by molar-refractivity contribution is -0.148. The van der Waals surface area contributed by atoms with Crippen molar-refractivity contribution in [2.75, 3.05) is 25.6 Å². The van der Waals surface area contributed by atoms with Crippen LogP contribution in [0, 0.1) is 27.7 Å². The number of esters is 3. The summed E-state index contributed by atoms with van der Waals surface area (Å²) in [5.74, 6) is -0.636. The number of carbonyl (C=O) groups is 3. The maximum Gasteiger partial charge on any atom is 0.337 e. The van der Waals surface area contributed by atoms with Crippen LogP contribution in [0.15, 0.2) is 85.0 Å². The number of nitrogens with one attached hydrogen (secondary N) is 1.